The van der Waals surface area contributed by atoms with Crippen molar-refractivity contribution in [2.75, 3.05) is 11.6 Å². The Morgan fingerprint density at radius 1 is 1.33 bits per heavy atom. The Bertz CT molecular complexity index is 534. The smallest absolute Gasteiger partial charge is 0.0646 e. The fraction of sp³-hybridized carbons (Fsp3) is 0.357. The molecule has 4 heteroatoms. The van der Waals surface area contributed by atoms with Crippen LogP contribution in [0.2, 0.25) is 0 Å². The minimum atomic E-state index is 0.256. The summed E-state index contributed by atoms with van der Waals surface area (Å²) in [6.45, 7) is 4.22. The molecule has 1 N–H and O–H groups in total. The van der Waals surface area contributed by atoms with Crippen LogP contribution < -0.4 is 5.32 Å². The number of hydrogen-bond donors (Lipinski definition) is 1. The maximum absolute atomic E-state index is 4.39. The van der Waals surface area contributed by atoms with Gasteiger partial charge in [0.1, 0.15) is 0 Å². The molecular weight excluding hydrogens is 242 g/mol. The SMILES string of the molecule is CSc1ccccc1NC(C)c1cn(C)nc1C. The Kier molecular flexibility index (Phi) is 3.97. The number of nitrogens with zero attached hydrogens (tertiary/aromatic N) is 2. The third kappa shape index (κ3) is 2.70. The molecule has 0 saturated heterocycles. The van der Waals surface area contributed by atoms with Crippen molar-refractivity contribution >= 4 is 17.4 Å². The summed E-state index contributed by atoms with van der Waals surface area (Å²) >= 11 is 1.76. The molecule has 0 aliphatic rings. The summed E-state index contributed by atoms with van der Waals surface area (Å²) in [4.78, 5) is 1.27. The van der Waals surface area contributed by atoms with Crippen molar-refractivity contribution < 1.29 is 0 Å². The van der Waals surface area contributed by atoms with E-state index >= 15 is 0 Å². The van der Waals surface area contributed by atoms with Crippen LogP contribution in [-0.2, 0) is 7.05 Å². The molecule has 1 heterocycles. The number of aromatic nitrogens is 2. The average Bonchev–Trinajstić information content (AvgIpc) is 2.69. The van der Waals surface area contributed by atoms with Crippen LogP contribution in [0.3, 0.4) is 0 Å². The van der Waals surface area contributed by atoms with Gasteiger partial charge in [-0.15, -0.1) is 11.8 Å². The molecule has 0 aliphatic carbocycles. The summed E-state index contributed by atoms with van der Waals surface area (Å²) in [6.07, 6.45) is 4.18. The van der Waals surface area contributed by atoms with Gasteiger partial charge in [0.15, 0.2) is 0 Å². The Labute approximate surface area is 113 Å². The molecule has 2 rings (SSSR count). The minimum absolute atomic E-state index is 0.256. The summed E-state index contributed by atoms with van der Waals surface area (Å²) < 4.78 is 1.86. The quantitative estimate of drug-likeness (QED) is 0.852. The zero-order chi connectivity index (χ0) is 13.1. The van der Waals surface area contributed by atoms with Gasteiger partial charge >= 0.3 is 0 Å². The molecule has 3 nitrogen and oxygen atoms in total. The molecule has 1 unspecified atom stereocenters. The Morgan fingerprint density at radius 3 is 2.67 bits per heavy atom. The van der Waals surface area contributed by atoms with Gasteiger partial charge in [0.2, 0.25) is 0 Å². The lowest BCUT2D eigenvalue weighted by Gasteiger charge is -2.17. The summed E-state index contributed by atoms with van der Waals surface area (Å²) in [5.74, 6) is 0. The molecule has 0 spiro atoms. The largest absolute Gasteiger partial charge is 0.377 e. The van der Waals surface area contributed by atoms with Crippen molar-refractivity contribution in [3.05, 3.63) is 41.7 Å². The van der Waals surface area contributed by atoms with Crippen LogP contribution in [0.25, 0.3) is 0 Å². The second kappa shape index (κ2) is 5.48. The number of thioether (sulfide) groups is 1. The Morgan fingerprint density at radius 2 is 2.06 bits per heavy atom. The van der Waals surface area contributed by atoms with E-state index in [-0.39, 0.29) is 6.04 Å². The van der Waals surface area contributed by atoms with E-state index in [2.05, 4.69) is 54.1 Å². The number of benzene rings is 1. The molecule has 0 aliphatic heterocycles. The molecule has 0 amide bonds. The highest BCUT2D eigenvalue weighted by atomic mass is 32.2. The third-order valence-corrected chi connectivity index (χ3v) is 3.79. The van der Waals surface area contributed by atoms with Crippen molar-refractivity contribution in [3.63, 3.8) is 0 Å². The zero-order valence-corrected chi connectivity index (χ0v) is 12.1. The number of rotatable bonds is 4. The van der Waals surface area contributed by atoms with Gasteiger partial charge in [-0.1, -0.05) is 12.1 Å². The minimum Gasteiger partial charge on any atom is -0.377 e. The van der Waals surface area contributed by atoms with Gasteiger partial charge in [0.05, 0.1) is 11.7 Å². The van der Waals surface area contributed by atoms with Crippen molar-refractivity contribution in [2.45, 2.75) is 24.8 Å². The summed E-state index contributed by atoms with van der Waals surface area (Å²) in [5, 5.41) is 7.95. The van der Waals surface area contributed by atoms with E-state index in [4.69, 9.17) is 0 Å². The molecule has 1 aromatic carbocycles. The third-order valence-electron chi connectivity index (χ3n) is 3.00. The molecule has 0 bridgehead atoms. The van der Waals surface area contributed by atoms with Crippen LogP contribution in [-0.4, -0.2) is 16.0 Å². The monoisotopic (exact) mass is 261 g/mol. The predicted molar refractivity (Wildman–Crippen MR) is 78.2 cm³/mol. The van der Waals surface area contributed by atoms with Gasteiger partial charge < -0.3 is 5.32 Å². The van der Waals surface area contributed by atoms with Crippen LogP contribution in [0.5, 0.6) is 0 Å². The van der Waals surface area contributed by atoms with Gasteiger partial charge in [-0.05, 0) is 32.2 Å². The number of para-hydroxylation sites is 1. The maximum atomic E-state index is 4.39. The van der Waals surface area contributed by atoms with Crippen molar-refractivity contribution in [1.29, 1.82) is 0 Å². The lowest BCUT2D eigenvalue weighted by Crippen LogP contribution is -2.07. The summed E-state index contributed by atoms with van der Waals surface area (Å²) in [5.41, 5.74) is 3.51. The van der Waals surface area contributed by atoms with E-state index in [1.165, 1.54) is 16.1 Å². The average molecular weight is 261 g/mol. The first kappa shape index (κ1) is 13.0. The Balaban J connectivity index is 2.21. The van der Waals surface area contributed by atoms with E-state index in [9.17, 15) is 0 Å². The van der Waals surface area contributed by atoms with Gasteiger partial charge in [-0.3, -0.25) is 4.68 Å². The van der Waals surface area contributed by atoms with Crippen LogP contribution in [0.15, 0.2) is 35.4 Å². The zero-order valence-electron chi connectivity index (χ0n) is 11.3. The molecular formula is C14H19N3S. The summed E-state index contributed by atoms with van der Waals surface area (Å²) in [6, 6.07) is 8.64. The topological polar surface area (TPSA) is 29.9 Å². The first-order valence-corrected chi connectivity index (χ1v) is 7.24. The lowest BCUT2D eigenvalue weighted by atomic mass is 10.1. The van der Waals surface area contributed by atoms with Gasteiger partial charge in [-0.25, -0.2) is 0 Å². The fourth-order valence-electron chi connectivity index (χ4n) is 2.12. The van der Waals surface area contributed by atoms with Crippen molar-refractivity contribution in [3.8, 4) is 0 Å². The van der Waals surface area contributed by atoms with E-state index < -0.39 is 0 Å². The van der Waals surface area contributed by atoms with Crippen LogP contribution in [0.4, 0.5) is 5.69 Å². The standard InChI is InChI=1S/C14H19N3S/c1-10(12-9-17(3)16-11(12)2)15-13-7-5-6-8-14(13)18-4/h5-10,15H,1-4H3. The molecule has 18 heavy (non-hydrogen) atoms. The normalized spacial score (nSPS) is 12.4. The number of aryl methyl sites for hydroxylation is 2. The van der Waals surface area contributed by atoms with E-state index in [0.29, 0.717) is 0 Å². The maximum Gasteiger partial charge on any atom is 0.0646 e. The van der Waals surface area contributed by atoms with Gasteiger partial charge in [0.25, 0.3) is 0 Å². The molecule has 1 atom stereocenters. The van der Waals surface area contributed by atoms with E-state index in [1.807, 2.05) is 18.7 Å². The Hall–Kier alpha value is -1.42. The molecule has 1 aromatic heterocycles. The second-order valence-electron chi connectivity index (χ2n) is 4.41. The van der Waals surface area contributed by atoms with Crippen LogP contribution >= 0.6 is 11.8 Å². The molecule has 2 aromatic rings. The molecule has 0 radical (unpaired) electrons. The highest BCUT2D eigenvalue weighted by Gasteiger charge is 2.12. The number of hydrogen-bond acceptors (Lipinski definition) is 3. The molecule has 96 valence electrons. The first-order valence-electron chi connectivity index (χ1n) is 6.01. The first-order chi connectivity index (χ1) is 8.61. The lowest BCUT2D eigenvalue weighted by molar-refractivity contribution is 0.756. The highest BCUT2D eigenvalue weighted by Crippen LogP contribution is 2.28. The molecule has 0 fully saturated rings. The number of nitrogens with one attached hydrogen (secondary N) is 1. The van der Waals surface area contributed by atoms with Crippen molar-refractivity contribution in [1.82, 2.24) is 9.78 Å². The van der Waals surface area contributed by atoms with Crippen LogP contribution in [0, 0.1) is 6.92 Å². The van der Waals surface area contributed by atoms with E-state index in [1.54, 1.807) is 11.8 Å². The van der Waals surface area contributed by atoms with Gasteiger partial charge in [-0.2, -0.15) is 5.10 Å². The van der Waals surface area contributed by atoms with Gasteiger partial charge in [0, 0.05) is 29.4 Å². The number of anilines is 1. The molecule has 0 saturated carbocycles. The van der Waals surface area contributed by atoms with Crippen LogP contribution in [0.1, 0.15) is 24.2 Å². The fourth-order valence-corrected chi connectivity index (χ4v) is 2.68. The second-order valence-corrected chi connectivity index (χ2v) is 5.26. The van der Waals surface area contributed by atoms with E-state index in [0.717, 1.165) is 5.69 Å². The predicted octanol–water partition coefficient (Wildman–Crippen LogP) is 3.62. The highest BCUT2D eigenvalue weighted by molar-refractivity contribution is 7.98. The summed E-state index contributed by atoms with van der Waals surface area (Å²) in [7, 11) is 1.96. The van der Waals surface area contributed by atoms with Crippen molar-refractivity contribution in [2.24, 2.45) is 7.05 Å².